The number of ether oxygens (including phenoxy) is 1. The second-order valence-corrected chi connectivity index (χ2v) is 9.75. The average molecular weight is 559 g/mol. The predicted molar refractivity (Wildman–Crippen MR) is 126 cm³/mol. The van der Waals surface area contributed by atoms with Crippen LogP contribution in [-0.2, 0) is 20.8 Å². The molecule has 0 radical (unpaired) electrons. The second kappa shape index (κ2) is 9.99. The largest absolute Gasteiger partial charge is 0.496 e. The fourth-order valence-corrected chi connectivity index (χ4v) is 4.21. The van der Waals surface area contributed by atoms with Gasteiger partial charge in [0, 0.05) is 23.0 Å². The van der Waals surface area contributed by atoms with E-state index in [1.807, 2.05) is 0 Å². The summed E-state index contributed by atoms with van der Waals surface area (Å²) in [6, 6.07) is 6.07. The van der Waals surface area contributed by atoms with Gasteiger partial charge in [0.25, 0.3) is 16.0 Å². The number of nitrogens with one attached hydrogen (secondary N) is 1. The third-order valence-electron chi connectivity index (χ3n) is 5.01. The molecule has 4 rings (SSSR count). The van der Waals surface area contributed by atoms with Gasteiger partial charge >= 0.3 is 6.18 Å². The summed E-state index contributed by atoms with van der Waals surface area (Å²) in [5, 5.41) is 11.1. The van der Waals surface area contributed by atoms with Crippen LogP contribution in [0.1, 0.15) is 10.4 Å². The Balaban J connectivity index is 1.77. The van der Waals surface area contributed by atoms with E-state index in [1.165, 1.54) is 48.5 Å². The molecule has 1 aromatic carbocycles. The van der Waals surface area contributed by atoms with Crippen LogP contribution >= 0.6 is 11.6 Å². The molecule has 1 atom stereocenters. The van der Waals surface area contributed by atoms with Gasteiger partial charge in [-0.2, -0.15) is 31.8 Å². The highest BCUT2D eigenvalue weighted by Gasteiger charge is 2.43. The molecular formula is C21H18ClF3N6O5S. The molecule has 3 aromatic heterocycles. The summed E-state index contributed by atoms with van der Waals surface area (Å²) in [6.45, 7) is -1.02. The van der Waals surface area contributed by atoms with Crippen LogP contribution < -0.4 is 10.1 Å². The fraction of sp³-hybridized carbons (Fsp3) is 0.238. The second-order valence-electron chi connectivity index (χ2n) is 7.71. The highest BCUT2D eigenvalue weighted by molar-refractivity contribution is 7.86. The van der Waals surface area contributed by atoms with Crippen molar-refractivity contribution in [2.24, 2.45) is 0 Å². The smallest absolute Gasteiger partial charge is 0.417 e. The fourth-order valence-electron chi connectivity index (χ4n) is 3.45. The highest BCUT2D eigenvalue weighted by atomic mass is 35.5. The number of hydrogen-bond acceptors (Lipinski definition) is 8. The maximum atomic E-state index is 13.5. The molecule has 1 unspecified atom stereocenters. The van der Waals surface area contributed by atoms with E-state index in [0.717, 1.165) is 10.9 Å². The number of alkyl halides is 3. The number of nitrogens with zero attached hydrogens (tertiary/aromatic N) is 5. The van der Waals surface area contributed by atoms with Crippen molar-refractivity contribution in [3.63, 3.8) is 0 Å². The van der Waals surface area contributed by atoms with Gasteiger partial charge in [0.05, 0.1) is 42.9 Å². The lowest BCUT2D eigenvalue weighted by molar-refractivity contribution is -0.198. The van der Waals surface area contributed by atoms with E-state index in [2.05, 4.69) is 24.7 Å². The van der Waals surface area contributed by atoms with Crippen LogP contribution in [0.15, 0.2) is 49.2 Å². The first kappa shape index (κ1) is 26.4. The first-order chi connectivity index (χ1) is 17.4. The van der Waals surface area contributed by atoms with Gasteiger partial charge in [-0.25, -0.2) is 9.50 Å². The van der Waals surface area contributed by atoms with E-state index in [9.17, 15) is 26.4 Å². The number of amides is 1. The molecule has 1 N–H and O–H groups in total. The number of anilines is 1. The average Bonchev–Trinajstić information content (AvgIpc) is 3.41. The number of rotatable bonds is 8. The Bertz CT molecular complexity index is 1570. The van der Waals surface area contributed by atoms with Crippen LogP contribution in [0.4, 0.5) is 18.9 Å². The summed E-state index contributed by atoms with van der Waals surface area (Å²) in [4.78, 5) is 17.0. The van der Waals surface area contributed by atoms with E-state index in [1.54, 1.807) is 6.07 Å². The number of hydrogen-bond donors (Lipinski definition) is 1. The number of benzene rings is 1. The Hall–Kier alpha value is -3.69. The third-order valence-corrected chi connectivity index (χ3v) is 5.83. The molecule has 4 aromatic rings. The Labute approximate surface area is 212 Å². The minimum absolute atomic E-state index is 0.000692. The van der Waals surface area contributed by atoms with Crippen molar-refractivity contribution < 1.29 is 35.3 Å². The monoisotopic (exact) mass is 558 g/mol. The van der Waals surface area contributed by atoms with Gasteiger partial charge in [0.1, 0.15) is 17.8 Å². The lowest BCUT2D eigenvalue weighted by Gasteiger charge is -2.19. The molecule has 0 aliphatic carbocycles. The van der Waals surface area contributed by atoms with Crippen molar-refractivity contribution in [1.29, 1.82) is 0 Å². The number of aromatic nitrogens is 5. The van der Waals surface area contributed by atoms with Gasteiger partial charge in [0.2, 0.25) is 0 Å². The molecule has 3 heterocycles. The molecule has 0 fully saturated rings. The number of carbonyl (C=O) groups is 1. The van der Waals surface area contributed by atoms with Crippen LogP contribution in [0.5, 0.6) is 5.75 Å². The lowest BCUT2D eigenvalue weighted by atomic mass is 10.1. The Morgan fingerprint density at radius 1 is 1.27 bits per heavy atom. The third kappa shape index (κ3) is 6.00. The molecule has 0 spiro atoms. The van der Waals surface area contributed by atoms with Crippen molar-refractivity contribution in [3.8, 4) is 17.0 Å². The van der Waals surface area contributed by atoms with E-state index in [4.69, 9.17) is 16.3 Å². The Morgan fingerprint density at radius 2 is 2.03 bits per heavy atom. The zero-order valence-electron chi connectivity index (χ0n) is 19.1. The molecule has 16 heteroatoms. The summed E-state index contributed by atoms with van der Waals surface area (Å²) >= 11 is 6.12. The van der Waals surface area contributed by atoms with Crippen LogP contribution in [0.25, 0.3) is 16.8 Å². The van der Waals surface area contributed by atoms with Gasteiger partial charge in [-0.1, -0.05) is 11.6 Å². The molecule has 196 valence electrons. The van der Waals surface area contributed by atoms with Crippen LogP contribution in [0, 0.1) is 0 Å². The number of methoxy groups -OCH3 is 1. The first-order valence-corrected chi connectivity index (χ1v) is 12.5. The Morgan fingerprint density at radius 3 is 2.70 bits per heavy atom. The molecule has 0 aliphatic heterocycles. The molecule has 0 aliphatic rings. The van der Waals surface area contributed by atoms with Crippen molar-refractivity contribution in [3.05, 3.63) is 59.8 Å². The minimum Gasteiger partial charge on any atom is -0.496 e. The quantitative estimate of drug-likeness (QED) is 0.326. The van der Waals surface area contributed by atoms with Crippen LogP contribution in [-0.4, -0.2) is 64.3 Å². The van der Waals surface area contributed by atoms with Crippen molar-refractivity contribution in [2.45, 2.75) is 18.8 Å². The number of halogens is 4. The molecule has 1 amide bonds. The first-order valence-electron chi connectivity index (χ1n) is 10.3. The summed E-state index contributed by atoms with van der Waals surface area (Å²) < 4.78 is 75.2. The zero-order valence-corrected chi connectivity index (χ0v) is 20.7. The van der Waals surface area contributed by atoms with Gasteiger partial charge in [-0.15, -0.1) is 0 Å². The topological polar surface area (TPSA) is 130 Å². The van der Waals surface area contributed by atoms with Crippen molar-refractivity contribution in [2.75, 3.05) is 18.7 Å². The predicted octanol–water partition coefficient (Wildman–Crippen LogP) is 3.41. The lowest BCUT2D eigenvalue weighted by Crippen LogP contribution is -2.37. The summed E-state index contributed by atoms with van der Waals surface area (Å²) in [5.41, 5.74) is 0.874. The van der Waals surface area contributed by atoms with E-state index >= 15 is 0 Å². The summed E-state index contributed by atoms with van der Waals surface area (Å²) in [6.07, 6.45) is -1.97. The van der Waals surface area contributed by atoms with Gasteiger partial charge in [-0.3, -0.25) is 13.7 Å². The molecule has 37 heavy (non-hydrogen) atoms. The highest BCUT2D eigenvalue weighted by Crippen LogP contribution is 2.37. The van der Waals surface area contributed by atoms with E-state index in [-0.39, 0.29) is 33.3 Å². The number of carbonyl (C=O) groups excluding carboxylic acids is 1. The summed E-state index contributed by atoms with van der Waals surface area (Å²) in [7, 11) is -3.08. The summed E-state index contributed by atoms with van der Waals surface area (Å²) in [5.74, 6) is -0.366. The SMILES string of the molecule is COc1ccc(Cl)cc1-c1nn(CC(OS(C)(=O)=O)C(F)(F)F)cc1NC(=O)c1cnn2cnccc12. The Kier molecular flexibility index (Phi) is 7.12. The molecular weight excluding hydrogens is 541 g/mol. The van der Waals surface area contributed by atoms with Crippen LogP contribution in [0.2, 0.25) is 5.02 Å². The number of fused-ring (bicyclic) bond motifs is 1. The van der Waals surface area contributed by atoms with E-state index < -0.39 is 34.9 Å². The maximum absolute atomic E-state index is 13.5. The van der Waals surface area contributed by atoms with Gasteiger partial charge in [-0.05, 0) is 24.3 Å². The molecule has 0 bridgehead atoms. The minimum atomic E-state index is -5.03. The molecule has 0 saturated carbocycles. The van der Waals surface area contributed by atoms with Crippen molar-refractivity contribution >= 4 is 38.8 Å². The van der Waals surface area contributed by atoms with Crippen LogP contribution in [0.3, 0.4) is 0 Å². The normalized spacial score (nSPS) is 13.0. The molecule has 11 nitrogen and oxygen atoms in total. The van der Waals surface area contributed by atoms with Crippen molar-refractivity contribution in [1.82, 2.24) is 24.4 Å². The van der Waals surface area contributed by atoms with Gasteiger partial charge in [0.15, 0.2) is 6.10 Å². The standard InChI is InChI=1S/C21H18ClF3N6O5S/c1-35-17-4-3-12(22)7-13(17)19-15(28-20(32)14-8-27-31-11-26-6-5-16(14)31)9-30(29-19)10-18(21(23,24)25)36-37(2,33)34/h3-9,11,18H,10H2,1-2H3,(H,28,32). The van der Waals surface area contributed by atoms with Gasteiger partial charge < -0.3 is 10.1 Å². The molecule has 0 saturated heterocycles. The van der Waals surface area contributed by atoms with E-state index in [0.29, 0.717) is 11.8 Å². The maximum Gasteiger partial charge on any atom is 0.417 e. The zero-order chi connectivity index (χ0) is 27.0.